The Morgan fingerprint density at radius 2 is 1.76 bits per heavy atom. The second-order valence-electron chi connectivity index (χ2n) is 7.77. The Hall–Kier alpha value is -4.16. The molecule has 164 valence electrons. The highest BCUT2D eigenvalue weighted by Crippen LogP contribution is 2.28. The quantitative estimate of drug-likeness (QED) is 0.323. The second-order valence-corrected chi connectivity index (χ2v) is 7.77. The van der Waals surface area contributed by atoms with Crippen molar-refractivity contribution in [2.45, 2.75) is 19.6 Å². The number of hydrogen-bond acceptors (Lipinski definition) is 6. The molecule has 6 nitrogen and oxygen atoms in total. The first-order valence-electron chi connectivity index (χ1n) is 10.7. The van der Waals surface area contributed by atoms with Gasteiger partial charge in [-0.1, -0.05) is 42.5 Å². The average molecular weight is 437 g/mol. The molecule has 0 radical (unpaired) electrons. The molecule has 0 amide bonds. The van der Waals surface area contributed by atoms with Crippen molar-refractivity contribution in [1.82, 2.24) is 9.97 Å². The molecule has 2 N–H and O–H groups in total. The molecule has 0 unspecified atom stereocenters. The van der Waals surface area contributed by atoms with Crippen LogP contribution in [0.2, 0.25) is 0 Å². The fraction of sp³-hybridized carbons (Fsp3) is 0.111. The summed E-state index contributed by atoms with van der Waals surface area (Å²) in [5, 5.41) is 0. The van der Waals surface area contributed by atoms with E-state index in [9.17, 15) is 0 Å². The number of oxazole rings is 1. The van der Waals surface area contributed by atoms with Gasteiger partial charge in [0.05, 0.1) is 5.56 Å². The van der Waals surface area contributed by atoms with E-state index in [1.54, 1.807) is 12.3 Å². The SMILES string of the molecule is C[C@H](N)c1ccc2nc(-c3ccc(Oc4cccc(OCc5ccccc5)c4)nc3)oc2c1. The molecule has 0 saturated carbocycles. The molecule has 1 atom stereocenters. The lowest BCUT2D eigenvalue weighted by atomic mass is 10.1. The minimum Gasteiger partial charge on any atom is -0.489 e. The minimum atomic E-state index is -0.0664. The van der Waals surface area contributed by atoms with Crippen molar-refractivity contribution in [1.29, 1.82) is 0 Å². The maximum atomic E-state index is 5.96. The van der Waals surface area contributed by atoms with Gasteiger partial charge in [0.2, 0.25) is 11.8 Å². The van der Waals surface area contributed by atoms with Crippen molar-refractivity contribution >= 4 is 11.1 Å². The van der Waals surface area contributed by atoms with Crippen LogP contribution in [0.25, 0.3) is 22.6 Å². The summed E-state index contributed by atoms with van der Waals surface area (Å²) in [7, 11) is 0. The van der Waals surface area contributed by atoms with Gasteiger partial charge in [-0.3, -0.25) is 0 Å². The van der Waals surface area contributed by atoms with Crippen LogP contribution in [-0.4, -0.2) is 9.97 Å². The zero-order valence-corrected chi connectivity index (χ0v) is 18.1. The number of rotatable bonds is 7. The van der Waals surface area contributed by atoms with Crippen LogP contribution in [0.15, 0.2) is 95.5 Å². The molecule has 3 aromatic carbocycles. The van der Waals surface area contributed by atoms with Crippen molar-refractivity contribution in [3.8, 4) is 28.8 Å². The molecule has 0 aliphatic rings. The van der Waals surface area contributed by atoms with E-state index in [1.807, 2.05) is 85.8 Å². The first kappa shape index (κ1) is 20.7. The van der Waals surface area contributed by atoms with Crippen molar-refractivity contribution in [3.63, 3.8) is 0 Å². The zero-order valence-electron chi connectivity index (χ0n) is 18.1. The Bertz CT molecular complexity index is 1360. The molecule has 2 aromatic heterocycles. The average Bonchev–Trinajstić information content (AvgIpc) is 3.28. The summed E-state index contributed by atoms with van der Waals surface area (Å²) in [6, 6.07) is 26.9. The van der Waals surface area contributed by atoms with E-state index in [4.69, 9.17) is 19.6 Å². The van der Waals surface area contributed by atoms with E-state index in [0.717, 1.165) is 28.0 Å². The summed E-state index contributed by atoms with van der Waals surface area (Å²) >= 11 is 0. The molecule has 0 spiro atoms. The van der Waals surface area contributed by atoms with Crippen LogP contribution in [0, 0.1) is 0 Å². The highest BCUT2D eigenvalue weighted by molar-refractivity contribution is 5.77. The Labute approximate surface area is 191 Å². The van der Waals surface area contributed by atoms with E-state index in [-0.39, 0.29) is 6.04 Å². The zero-order chi connectivity index (χ0) is 22.6. The van der Waals surface area contributed by atoms with E-state index < -0.39 is 0 Å². The topological polar surface area (TPSA) is 83.4 Å². The molecule has 5 aromatic rings. The van der Waals surface area contributed by atoms with E-state index in [1.165, 1.54) is 0 Å². The summed E-state index contributed by atoms with van der Waals surface area (Å²) in [5.41, 5.74) is 10.3. The van der Waals surface area contributed by atoms with Gasteiger partial charge in [-0.25, -0.2) is 9.97 Å². The largest absolute Gasteiger partial charge is 0.489 e. The van der Waals surface area contributed by atoms with Gasteiger partial charge in [-0.2, -0.15) is 0 Å². The lowest BCUT2D eigenvalue weighted by Crippen LogP contribution is -2.04. The lowest BCUT2D eigenvalue weighted by molar-refractivity contribution is 0.304. The van der Waals surface area contributed by atoms with Crippen LogP contribution < -0.4 is 15.2 Å². The number of benzene rings is 3. The van der Waals surface area contributed by atoms with Gasteiger partial charge in [-0.15, -0.1) is 0 Å². The summed E-state index contributed by atoms with van der Waals surface area (Å²) < 4.78 is 17.7. The predicted molar refractivity (Wildman–Crippen MR) is 127 cm³/mol. The molecule has 0 aliphatic carbocycles. The van der Waals surface area contributed by atoms with E-state index >= 15 is 0 Å². The fourth-order valence-electron chi connectivity index (χ4n) is 3.40. The normalized spacial score (nSPS) is 11.9. The Morgan fingerprint density at radius 1 is 0.909 bits per heavy atom. The Morgan fingerprint density at radius 3 is 2.55 bits per heavy atom. The van der Waals surface area contributed by atoms with Gasteiger partial charge in [0.1, 0.15) is 23.6 Å². The smallest absolute Gasteiger partial charge is 0.228 e. The molecule has 0 fully saturated rings. The molecular formula is C27H23N3O3. The molecular weight excluding hydrogens is 414 g/mol. The van der Waals surface area contributed by atoms with Gasteiger partial charge in [0.25, 0.3) is 0 Å². The monoisotopic (exact) mass is 437 g/mol. The van der Waals surface area contributed by atoms with Gasteiger partial charge >= 0.3 is 0 Å². The van der Waals surface area contributed by atoms with Crippen molar-refractivity contribution in [2.75, 3.05) is 0 Å². The number of ether oxygens (including phenoxy) is 2. The van der Waals surface area contributed by atoms with Gasteiger partial charge in [0.15, 0.2) is 5.58 Å². The lowest BCUT2D eigenvalue weighted by Gasteiger charge is -2.09. The van der Waals surface area contributed by atoms with Crippen LogP contribution >= 0.6 is 0 Å². The molecule has 0 bridgehead atoms. The molecule has 2 heterocycles. The standard InChI is InChI=1S/C27H23N3O3/c1-18(28)20-10-12-24-25(14-20)33-27(30-24)21-11-13-26(29-16-21)32-23-9-5-8-22(15-23)31-17-19-6-3-2-4-7-19/h2-16,18H,17,28H2,1H3/t18-/m0/s1. The summed E-state index contributed by atoms with van der Waals surface area (Å²) in [6.45, 7) is 2.43. The van der Waals surface area contributed by atoms with Crippen LogP contribution in [0.4, 0.5) is 0 Å². The maximum absolute atomic E-state index is 5.96. The third kappa shape index (κ3) is 4.86. The summed E-state index contributed by atoms with van der Waals surface area (Å²) in [5.74, 6) is 2.34. The van der Waals surface area contributed by atoms with Gasteiger partial charge in [-0.05, 0) is 48.4 Å². The first-order valence-corrected chi connectivity index (χ1v) is 10.7. The fourth-order valence-corrected chi connectivity index (χ4v) is 3.40. The highest BCUT2D eigenvalue weighted by Gasteiger charge is 2.11. The number of pyridine rings is 1. The Kier molecular flexibility index (Phi) is 5.74. The van der Waals surface area contributed by atoms with Crippen molar-refractivity contribution in [2.24, 2.45) is 5.73 Å². The summed E-state index contributed by atoms with van der Waals surface area (Å²) in [6.07, 6.45) is 1.68. The highest BCUT2D eigenvalue weighted by atomic mass is 16.5. The van der Waals surface area contributed by atoms with Crippen LogP contribution in [-0.2, 0) is 6.61 Å². The first-order chi connectivity index (χ1) is 16.1. The third-order valence-electron chi connectivity index (χ3n) is 5.20. The van der Waals surface area contributed by atoms with Crippen molar-refractivity contribution in [3.05, 3.63) is 102 Å². The van der Waals surface area contributed by atoms with Crippen LogP contribution in [0.1, 0.15) is 24.1 Å². The molecule has 6 heteroatoms. The Balaban J connectivity index is 1.28. The molecule has 33 heavy (non-hydrogen) atoms. The predicted octanol–water partition coefficient (Wildman–Crippen LogP) is 6.28. The van der Waals surface area contributed by atoms with Crippen molar-refractivity contribution < 1.29 is 13.9 Å². The third-order valence-corrected chi connectivity index (χ3v) is 5.20. The second kappa shape index (κ2) is 9.14. The number of fused-ring (bicyclic) bond motifs is 1. The molecule has 0 saturated heterocycles. The molecule has 0 aliphatic heterocycles. The number of aromatic nitrogens is 2. The number of nitrogens with zero attached hydrogens (tertiary/aromatic N) is 2. The van der Waals surface area contributed by atoms with E-state index in [0.29, 0.717) is 29.7 Å². The van der Waals surface area contributed by atoms with E-state index in [2.05, 4.69) is 9.97 Å². The van der Waals surface area contributed by atoms with Crippen LogP contribution in [0.5, 0.6) is 17.4 Å². The summed E-state index contributed by atoms with van der Waals surface area (Å²) in [4.78, 5) is 8.96. The van der Waals surface area contributed by atoms with Gasteiger partial charge < -0.3 is 19.6 Å². The maximum Gasteiger partial charge on any atom is 0.228 e. The number of hydrogen-bond donors (Lipinski definition) is 1. The minimum absolute atomic E-state index is 0.0664. The molecule has 5 rings (SSSR count). The van der Waals surface area contributed by atoms with Crippen LogP contribution in [0.3, 0.4) is 0 Å². The number of nitrogens with two attached hydrogens (primary N) is 1. The van der Waals surface area contributed by atoms with Gasteiger partial charge in [0, 0.05) is 24.4 Å².